The first-order chi connectivity index (χ1) is 13.6. The molecule has 0 atom stereocenters. The van der Waals surface area contributed by atoms with Crippen LogP contribution in [0.15, 0.2) is 48.5 Å². The average Bonchev–Trinajstić information content (AvgIpc) is 3.14. The number of methoxy groups -OCH3 is 2. The molecular formula is C22H16FN3O2. The molecule has 1 aromatic heterocycles. The molecule has 0 spiro atoms. The number of hydrogen-bond acceptors (Lipinski definition) is 4. The second-order valence-corrected chi connectivity index (χ2v) is 6.19. The number of benzene rings is 3. The molecular weight excluding hydrogens is 357 g/mol. The van der Waals surface area contributed by atoms with Crippen LogP contribution in [0.4, 0.5) is 4.39 Å². The van der Waals surface area contributed by atoms with E-state index in [2.05, 4.69) is 16.0 Å². The Morgan fingerprint density at radius 1 is 1.11 bits per heavy atom. The van der Waals surface area contributed by atoms with Crippen molar-refractivity contribution in [1.82, 2.24) is 9.97 Å². The molecule has 4 aromatic rings. The lowest BCUT2D eigenvalue weighted by Crippen LogP contribution is -1.92. The van der Waals surface area contributed by atoms with Crippen molar-refractivity contribution >= 4 is 33.5 Å². The fraction of sp³-hybridized carbons (Fsp3) is 0.0909. The van der Waals surface area contributed by atoms with Crippen molar-refractivity contribution in [1.29, 1.82) is 5.26 Å². The summed E-state index contributed by atoms with van der Waals surface area (Å²) < 4.78 is 24.3. The lowest BCUT2D eigenvalue weighted by atomic mass is 10.0. The number of halogens is 1. The Bertz CT molecular complexity index is 1260. The molecule has 0 saturated heterocycles. The van der Waals surface area contributed by atoms with Crippen LogP contribution in [0.5, 0.6) is 11.5 Å². The molecule has 28 heavy (non-hydrogen) atoms. The number of H-pyrrole nitrogens is 1. The third-order valence-corrected chi connectivity index (χ3v) is 4.56. The third kappa shape index (κ3) is 3.03. The zero-order chi connectivity index (χ0) is 19.7. The maximum atomic E-state index is 13.5. The van der Waals surface area contributed by atoms with Gasteiger partial charge in [0.25, 0.3) is 0 Å². The smallest absolute Gasteiger partial charge is 0.149 e. The van der Waals surface area contributed by atoms with Crippen LogP contribution >= 0.6 is 0 Å². The molecule has 0 aliphatic rings. The van der Waals surface area contributed by atoms with Crippen molar-refractivity contribution in [2.24, 2.45) is 0 Å². The summed E-state index contributed by atoms with van der Waals surface area (Å²) >= 11 is 0. The molecule has 0 amide bonds. The van der Waals surface area contributed by atoms with Crippen molar-refractivity contribution in [2.75, 3.05) is 14.2 Å². The highest BCUT2D eigenvalue weighted by Crippen LogP contribution is 2.33. The van der Waals surface area contributed by atoms with E-state index in [4.69, 9.17) is 9.47 Å². The van der Waals surface area contributed by atoms with E-state index in [1.807, 2.05) is 30.3 Å². The number of nitrogens with one attached hydrogen (secondary N) is 1. The molecule has 4 rings (SSSR count). The first-order valence-electron chi connectivity index (χ1n) is 8.55. The number of nitrogens with zero attached hydrogens (tertiary/aromatic N) is 2. The molecule has 3 aromatic carbocycles. The van der Waals surface area contributed by atoms with Gasteiger partial charge >= 0.3 is 0 Å². The first-order valence-corrected chi connectivity index (χ1v) is 8.55. The molecule has 138 valence electrons. The summed E-state index contributed by atoms with van der Waals surface area (Å²) in [6, 6.07) is 15.9. The highest BCUT2D eigenvalue weighted by molar-refractivity contribution is 6.00. The predicted octanol–water partition coefficient (Wildman–Crippen LogP) is 4.94. The molecule has 5 nitrogen and oxygen atoms in total. The number of imidazole rings is 1. The minimum absolute atomic E-state index is 0.310. The minimum Gasteiger partial charge on any atom is -0.497 e. The summed E-state index contributed by atoms with van der Waals surface area (Å²) in [5, 5.41) is 11.6. The summed E-state index contributed by atoms with van der Waals surface area (Å²) in [5.74, 6) is 1.32. The Morgan fingerprint density at radius 2 is 1.93 bits per heavy atom. The van der Waals surface area contributed by atoms with Gasteiger partial charge in [-0.15, -0.1) is 0 Å². The van der Waals surface area contributed by atoms with Gasteiger partial charge in [-0.3, -0.25) is 0 Å². The van der Waals surface area contributed by atoms with Gasteiger partial charge in [0, 0.05) is 5.56 Å². The van der Waals surface area contributed by atoms with Crippen LogP contribution in [0, 0.1) is 17.1 Å². The number of hydrogen-bond donors (Lipinski definition) is 1. The molecule has 1 heterocycles. The zero-order valence-corrected chi connectivity index (χ0v) is 15.3. The van der Waals surface area contributed by atoms with Gasteiger partial charge in [0.15, 0.2) is 0 Å². The van der Waals surface area contributed by atoms with E-state index >= 15 is 0 Å². The average molecular weight is 373 g/mol. The van der Waals surface area contributed by atoms with Gasteiger partial charge in [-0.1, -0.05) is 12.1 Å². The number of aromatic nitrogens is 2. The third-order valence-electron chi connectivity index (χ3n) is 4.56. The van der Waals surface area contributed by atoms with Crippen LogP contribution in [0.2, 0.25) is 0 Å². The second kappa shape index (κ2) is 7.05. The number of nitriles is 1. The summed E-state index contributed by atoms with van der Waals surface area (Å²) in [6.45, 7) is 0. The van der Waals surface area contributed by atoms with Crippen molar-refractivity contribution in [3.63, 3.8) is 0 Å². The molecule has 6 heteroatoms. The lowest BCUT2D eigenvalue weighted by molar-refractivity contribution is 0.413. The Hall–Kier alpha value is -3.85. The largest absolute Gasteiger partial charge is 0.497 e. The van der Waals surface area contributed by atoms with E-state index in [0.717, 1.165) is 16.3 Å². The standard InChI is InChI=1S/C22H16FN3O2/c1-27-16-6-3-13-4-8-21(28-2)18(17(13)11-16)9-14(12-24)22-25-19-7-5-15(23)10-20(19)26-22/h3-11H,1-2H3,(H,25,26)/b14-9-. The Labute approximate surface area is 160 Å². The Balaban J connectivity index is 1.93. The van der Waals surface area contributed by atoms with E-state index in [9.17, 15) is 9.65 Å². The quantitative estimate of drug-likeness (QED) is 0.515. The van der Waals surface area contributed by atoms with Gasteiger partial charge in [0.05, 0.1) is 30.8 Å². The van der Waals surface area contributed by atoms with Crippen LogP contribution in [-0.4, -0.2) is 24.2 Å². The van der Waals surface area contributed by atoms with Gasteiger partial charge in [-0.05, 0) is 53.2 Å². The Morgan fingerprint density at radius 3 is 2.68 bits per heavy atom. The first kappa shape index (κ1) is 17.6. The van der Waals surface area contributed by atoms with Crippen molar-refractivity contribution in [3.05, 3.63) is 65.7 Å². The molecule has 0 saturated carbocycles. The predicted molar refractivity (Wildman–Crippen MR) is 107 cm³/mol. The highest BCUT2D eigenvalue weighted by Gasteiger charge is 2.13. The van der Waals surface area contributed by atoms with Crippen LogP contribution in [0.25, 0.3) is 33.5 Å². The molecule has 0 bridgehead atoms. The van der Waals surface area contributed by atoms with Crippen molar-refractivity contribution in [3.8, 4) is 17.6 Å². The SMILES string of the molecule is COc1ccc2ccc(OC)c(/C=C(/C#N)c3nc4ccc(F)cc4[nH]3)c2c1. The zero-order valence-electron chi connectivity index (χ0n) is 15.3. The molecule has 0 aliphatic heterocycles. The van der Waals surface area contributed by atoms with E-state index in [0.29, 0.717) is 33.9 Å². The van der Waals surface area contributed by atoms with Gasteiger partial charge in [0.2, 0.25) is 0 Å². The fourth-order valence-corrected chi connectivity index (χ4v) is 3.16. The summed E-state index contributed by atoms with van der Waals surface area (Å²) in [4.78, 5) is 7.42. The van der Waals surface area contributed by atoms with E-state index < -0.39 is 0 Å². The number of aromatic amines is 1. The van der Waals surface area contributed by atoms with Crippen molar-refractivity contribution < 1.29 is 13.9 Å². The van der Waals surface area contributed by atoms with E-state index in [1.54, 1.807) is 26.4 Å². The van der Waals surface area contributed by atoms with Crippen LogP contribution in [0.3, 0.4) is 0 Å². The van der Waals surface area contributed by atoms with Gasteiger partial charge in [-0.25, -0.2) is 9.37 Å². The number of allylic oxidation sites excluding steroid dienone is 1. The maximum Gasteiger partial charge on any atom is 0.149 e. The van der Waals surface area contributed by atoms with E-state index in [1.165, 1.54) is 12.1 Å². The Kier molecular flexibility index (Phi) is 4.42. The van der Waals surface area contributed by atoms with Gasteiger partial charge < -0.3 is 14.5 Å². The summed E-state index contributed by atoms with van der Waals surface area (Å²) in [6.07, 6.45) is 1.72. The maximum absolute atomic E-state index is 13.5. The molecule has 1 N–H and O–H groups in total. The van der Waals surface area contributed by atoms with E-state index in [-0.39, 0.29) is 5.82 Å². The van der Waals surface area contributed by atoms with Gasteiger partial charge in [-0.2, -0.15) is 5.26 Å². The number of fused-ring (bicyclic) bond motifs is 2. The topological polar surface area (TPSA) is 70.9 Å². The summed E-state index contributed by atoms with van der Waals surface area (Å²) in [7, 11) is 3.18. The molecule has 0 fully saturated rings. The lowest BCUT2D eigenvalue weighted by Gasteiger charge is -2.11. The highest BCUT2D eigenvalue weighted by atomic mass is 19.1. The monoisotopic (exact) mass is 373 g/mol. The molecule has 0 aliphatic carbocycles. The summed E-state index contributed by atoms with van der Waals surface area (Å²) in [5.41, 5.74) is 2.17. The minimum atomic E-state index is -0.368. The number of rotatable bonds is 4. The molecule has 0 radical (unpaired) electrons. The fourth-order valence-electron chi connectivity index (χ4n) is 3.16. The molecule has 0 unspecified atom stereocenters. The van der Waals surface area contributed by atoms with Gasteiger partial charge in [0.1, 0.15) is 29.2 Å². The van der Waals surface area contributed by atoms with Crippen LogP contribution in [0.1, 0.15) is 11.4 Å². The van der Waals surface area contributed by atoms with Crippen LogP contribution in [-0.2, 0) is 0 Å². The van der Waals surface area contributed by atoms with Crippen molar-refractivity contribution in [2.45, 2.75) is 0 Å². The normalized spacial score (nSPS) is 11.6. The second-order valence-electron chi connectivity index (χ2n) is 6.19. The van der Waals surface area contributed by atoms with Crippen LogP contribution < -0.4 is 9.47 Å². The number of ether oxygens (including phenoxy) is 2.